The molecule has 0 bridgehead atoms. The Balaban J connectivity index is 4.41. The Hall–Kier alpha value is -1.31. The topological polar surface area (TPSA) is 75.6 Å². The number of carbonyl (C=O) groups excluding carboxylic acids is 2. The summed E-state index contributed by atoms with van der Waals surface area (Å²) in [6.07, 6.45) is -4.61. The Labute approximate surface area is 89.6 Å². The summed E-state index contributed by atoms with van der Waals surface area (Å²) in [6.45, 7) is 0.473. The SMILES string of the molecule is CCOC(=O)[C@](C)(O)C(=O)NCC(F)(F)F. The average Bonchev–Trinajstić information content (AvgIpc) is 2.13. The van der Waals surface area contributed by atoms with E-state index in [4.69, 9.17) is 0 Å². The van der Waals surface area contributed by atoms with Crippen LogP contribution in [-0.4, -0.2) is 41.9 Å². The van der Waals surface area contributed by atoms with Gasteiger partial charge in [-0.1, -0.05) is 0 Å². The van der Waals surface area contributed by atoms with Crippen LogP contribution in [0.2, 0.25) is 0 Å². The molecule has 0 unspecified atom stereocenters. The first kappa shape index (κ1) is 14.7. The predicted octanol–water partition coefficient (Wildman–Crippen LogP) is -0.0210. The molecule has 0 saturated heterocycles. The first-order valence-electron chi connectivity index (χ1n) is 4.36. The minimum absolute atomic E-state index is 0.0957. The van der Waals surface area contributed by atoms with Crippen LogP contribution in [0.5, 0.6) is 0 Å². The zero-order chi connectivity index (χ0) is 13.0. The maximum atomic E-state index is 11.7. The molecular weight excluding hydrogens is 231 g/mol. The fraction of sp³-hybridized carbons (Fsp3) is 0.750. The summed E-state index contributed by atoms with van der Waals surface area (Å²) < 4.78 is 39.6. The van der Waals surface area contributed by atoms with Gasteiger partial charge in [-0.3, -0.25) is 4.79 Å². The number of rotatable bonds is 4. The fourth-order valence-corrected chi connectivity index (χ4v) is 0.717. The Morgan fingerprint density at radius 2 is 1.88 bits per heavy atom. The van der Waals surface area contributed by atoms with Gasteiger partial charge in [0.25, 0.3) is 5.91 Å². The number of nitrogens with one attached hydrogen (secondary N) is 1. The van der Waals surface area contributed by atoms with Crippen LogP contribution in [0, 0.1) is 0 Å². The molecule has 0 aromatic rings. The van der Waals surface area contributed by atoms with Crippen LogP contribution in [0.4, 0.5) is 13.2 Å². The van der Waals surface area contributed by atoms with Gasteiger partial charge in [-0.15, -0.1) is 0 Å². The van der Waals surface area contributed by atoms with Crippen molar-refractivity contribution in [3.8, 4) is 0 Å². The molecule has 0 saturated carbocycles. The zero-order valence-electron chi connectivity index (χ0n) is 8.72. The summed E-state index contributed by atoms with van der Waals surface area (Å²) in [4.78, 5) is 22.1. The molecule has 2 N–H and O–H groups in total. The van der Waals surface area contributed by atoms with Crippen molar-refractivity contribution in [2.24, 2.45) is 0 Å². The highest BCUT2D eigenvalue weighted by Crippen LogP contribution is 2.13. The largest absolute Gasteiger partial charge is 0.463 e. The third kappa shape index (κ3) is 4.47. The number of hydrogen-bond donors (Lipinski definition) is 2. The number of halogens is 3. The third-order valence-corrected chi connectivity index (χ3v) is 1.56. The van der Waals surface area contributed by atoms with Gasteiger partial charge in [-0.2, -0.15) is 13.2 Å². The second kappa shape index (κ2) is 5.15. The Kier molecular flexibility index (Phi) is 4.73. The number of aliphatic hydroxyl groups is 1. The van der Waals surface area contributed by atoms with E-state index in [1.807, 2.05) is 0 Å². The van der Waals surface area contributed by atoms with Gasteiger partial charge in [-0.05, 0) is 13.8 Å². The minimum atomic E-state index is -4.61. The van der Waals surface area contributed by atoms with E-state index >= 15 is 0 Å². The Bertz CT molecular complexity index is 275. The molecule has 0 spiro atoms. The monoisotopic (exact) mass is 243 g/mol. The molecule has 16 heavy (non-hydrogen) atoms. The van der Waals surface area contributed by atoms with Crippen LogP contribution >= 0.6 is 0 Å². The quantitative estimate of drug-likeness (QED) is 0.537. The van der Waals surface area contributed by atoms with E-state index in [0.29, 0.717) is 0 Å². The van der Waals surface area contributed by atoms with Crippen LogP contribution in [0.15, 0.2) is 0 Å². The van der Waals surface area contributed by atoms with Gasteiger partial charge in [0.15, 0.2) is 0 Å². The van der Waals surface area contributed by atoms with Gasteiger partial charge in [0.2, 0.25) is 5.60 Å². The van der Waals surface area contributed by atoms with E-state index in [1.165, 1.54) is 12.2 Å². The molecular formula is C8H12F3NO4. The third-order valence-electron chi connectivity index (χ3n) is 1.56. The van der Waals surface area contributed by atoms with Gasteiger partial charge in [-0.25, -0.2) is 4.79 Å². The highest BCUT2D eigenvalue weighted by molar-refractivity contribution is 6.05. The van der Waals surface area contributed by atoms with Crippen LogP contribution in [-0.2, 0) is 14.3 Å². The molecule has 0 aliphatic rings. The van der Waals surface area contributed by atoms with Gasteiger partial charge in [0.05, 0.1) is 6.61 Å². The number of hydrogen-bond acceptors (Lipinski definition) is 4. The molecule has 1 atom stereocenters. The van der Waals surface area contributed by atoms with Crippen molar-refractivity contribution in [1.82, 2.24) is 5.32 Å². The van der Waals surface area contributed by atoms with E-state index < -0.39 is 30.2 Å². The highest BCUT2D eigenvalue weighted by Gasteiger charge is 2.42. The van der Waals surface area contributed by atoms with Gasteiger partial charge >= 0.3 is 12.1 Å². The van der Waals surface area contributed by atoms with Gasteiger partial charge in [0.1, 0.15) is 6.54 Å². The summed E-state index contributed by atoms with van der Waals surface area (Å²) in [5.41, 5.74) is -2.62. The number of esters is 1. The summed E-state index contributed by atoms with van der Waals surface area (Å²) in [5.74, 6) is -2.75. The number of carbonyl (C=O) groups is 2. The Morgan fingerprint density at radius 3 is 2.25 bits per heavy atom. The number of ether oxygens (including phenoxy) is 1. The second-order valence-electron chi connectivity index (χ2n) is 3.09. The van der Waals surface area contributed by atoms with Crippen molar-refractivity contribution < 1.29 is 32.6 Å². The van der Waals surface area contributed by atoms with Crippen LogP contribution in [0.1, 0.15) is 13.8 Å². The Morgan fingerprint density at radius 1 is 1.38 bits per heavy atom. The van der Waals surface area contributed by atoms with E-state index in [-0.39, 0.29) is 6.61 Å². The van der Waals surface area contributed by atoms with E-state index in [1.54, 1.807) is 0 Å². The lowest BCUT2D eigenvalue weighted by atomic mass is 10.1. The summed E-state index contributed by atoms with van der Waals surface area (Å²) in [6, 6.07) is 0. The molecule has 5 nitrogen and oxygen atoms in total. The van der Waals surface area contributed by atoms with Crippen molar-refractivity contribution in [2.45, 2.75) is 25.6 Å². The van der Waals surface area contributed by atoms with Crippen molar-refractivity contribution in [3.63, 3.8) is 0 Å². The lowest BCUT2D eigenvalue weighted by Crippen LogP contribution is -2.53. The van der Waals surface area contributed by atoms with Crippen LogP contribution in [0.3, 0.4) is 0 Å². The predicted molar refractivity (Wildman–Crippen MR) is 46.3 cm³/mol. The van der Waals surface area contributed by atoms with Crippen molar-refractivity contribution in [2.75, 3.05) is 13.2 Å². The molecule has 0 aromatic carbocycles. The maximum absolute atomic E-state index is 11.7. The molecule has 0 heterocycles. The van der Waals surface area contributed by atoms with Crippen molar-refractivity contribution in [3.05, 3.63) is 0 Å². The lowest BCUT2D eigenvalue weighted by Gasteiger charge is -2.20. The lowest BCUT2D eigenvalue weighted by molar-refractivity contribution is -0.171. The van der Waals surface area contributed by atoms with E-state index in [0.717, 1.165) is 6.92 Å². The molecule has 0 fully saturated rings. The first-order valence-corrected chi connectivity index (χ1v) is 4.36. The molecule has 0 aliphatic heterocycles. The van der Waals surface area contributed by atoms with E-state index in [2.05, 4.69) is 4.74 Å². The van der Waals surface area contributed by atoms with E-state index in [9.17, 15) is 27.9 Å². The molecule has 8 heteroatoms. The van der Waals surface area contributed by atoms with Crippen LogP contribution < -0.4 is 5.32 Å². The average molecular weight is 243 g/mol. The summed E-state index contributed by atoms with van der Waals surface area (Å²) in [7, 11) is 0. The molecule has 0 rings (SSSR count). The molecule has 1 amide bonds. The summed E-state index contributed by atoms with van der Waals surface area (Å²) >= 11 is 0. The normalized spacial score (nSPS) is 15.1. The van der Waals surface area contributed by atoms with Crippen molar-refractivity contribution >= 4 is 11.9 Å². The number of alkyl halides is 3. The van der Waals surface area contributed by atoms with Crippen LogP contribution in [0.25, 0.3) is 0 Å². The minimum Gasteiger partial charge on any atom is -0.463 e. The molecule has 0 radical (unpaired) electrons. The van der Waals surface area contributed by atoms with Gasteiger partial charge < -0.3 is 15.2 Å². The smallest absolute Gasteiger partial charge is 0.405 e. The fourth-order valence-electron chi connectivity index (χ4n) is 0.717. The molecule has 0 aromatic heterocycles. The first-order chi connectivity index (χ1) is 7.11. The van der Waals surface area contributed by atoms with Gasteiger partial charge in [0, 0.05) is 0 Å². The highest BCUT2D eigenvalue weighted by atomic mass is 19.4. The standard InChI is InChI=1S/C8H12F3NO4/c1-3-16-6(14)7(2,15)5(13)12-4-8(9,10)11/h15H,3-4H2,1-2H3,(H,12,13)/t7-/m1/s1. The maximum Gasteiger partial charge on any atom is 0.405 e. The summed E-state index contributed by atoms with van der Waals surface area (Å²) in [5, 5.41) is 10.7. The zero-order valence-corrected chi connectivity index (χ0v) is 8.72. The second-order valence-corrected chi connectivity index (χ2v) is 3.09. The molecule has 0 aliphatic carbocycles. The molecule has 94 valence electrons. The number of amides is 1. The van der Waals surface area contributed by atoms with Crippen molar-refractivity contribution in [1.29, 1.82) is 0 Å².